The van der Waals surface area contributed by atoms with E-state index in [2.05, 4.69) is 16.1 Å². The Bertz CT molecular complexity index is 778. The van der Waals surface area contributed by atoms with Gasteiger partial charge in [0.2, 0.25) is 0 Å². The van der Waals surface area contributed by atoms with Crippen molar-refractivity contribution in [1.29, 1.82) is 0 Å². The second-order valence-electron chi connectivity index (χ2n) is 7.06. The molecule has 6 nitrogen and oxygen atoms in total. The third-order valence-corrected chi connectivity index (χ3v) is 4.89. The van der Waals surface area contributed by atoms with Gasteiger partial charge >= 0.3 is 0 Å². The van der Waals surface area contributed by atoms with Gasteiger partial charge in [-0.2, -0.15) is 5.10 Å². The number of carbonyl (C=O) groups is 1. The fourth-order valence-electron chi connectivity index (χ4n) is 3.15. The quantitative estimate of drug-likeness (QED) is 0.751. The van der Waals surface area contributed by atoms with Crippen molar-refractivity contribution in [2.75, 3.05) is 20.3 Å². The van der Waals surface area contributed by atoms with Crippen LogP contribution < -0.4 is 14.8 Å². The average molecular weight is 355 g/mol. The smallest absolute Gasteiger partial charge is 0.258 e. The van der Waals surface area contributed by atoms with E-state index in [0.717, 1.165) is 0 Å². The average Bonchev–Trinajstić information content (AvgIpc) is 3.59. The monoisotopic (exact) mass is 355 g/mol. The van der Waals surface area contributed by atoms with Crippen molar-refractivity contribution in [3.8, 4) is 11.5 Å². The van der Waals surface area contributed by atoms with E-state index in [1.807, 2.05) is 18.2 Å². The van der Waals surface area contributed by atoms with E-state index >= 15 is 0 Å². The van der Waals surface area contributed by atoms with Crippen LogP contribution in [0.3, 0.4) is 0 Å². The van der Waals surface area contributed by atoms with E-state index in [4.69, 9.17) is 14.6 Å². The first-order valence-electron chi connectivity index (χ1n) is 9.34. The Morgan fingerprint density at radius 2 is 1.92 bits per heavy atom. The molecule has 0 unspecified atom stereocenters. The predicted molar refractivity (Wildman–Crippen MR) is 97.7 cm³/mol. The van der Waals surface area contributed by atoms with Gasteiger partial charge in [0.1, 0.15) is 0 Å². The highest BCUT2D eigenvalue weighted by Crippen LogP contribution is 2.44. The molecule has 138 valence electrons. The van der Waals surface area contributed by atoms with E-state index in [9.17, 15) is 4.79 Å². The minimum absolute atomic E-state index is 0.0255. The molecule has 1 aromatic carbocycles. The second kappa shape index (κ2) is 7.40. The lowest BCUT2D eigenvalue weighted by Crippen LogP contribution is -2.32. The summed E-state index contributed by atoms with van der Waals surface area (Å²) in [6.45, 7) is 1.24. The maximum absolute atomic E-state index is 12.1. The zero-order valence-corrected chi connectivity index (χ0v) is 15.1. The summed E-state index contributed by atoms with van der Waals surface area (Å²) in [5, 5.41) is 7.68. The number of rotatable bonds is 9. The summed E-state index contributed by atoms with van der Waals surface area (Å²) >= 11 is 0. The summed E-state index contributed by atoms with van der Waals surface area (Å²) in [5.41, 5.74) is 2.57. The third-order valence-electron chi connectivity index (χ3n) is 4.89. The lowest BCUT2D eigenvalue weighted by molar-refractivity contribution is -0.123. The summed E-state index contributed by atoms with van der Waals surface area (Å²) < 4.78 is 12.9. The van der Waals surface area contributed by atoms with Gasteiger partial charge in [-0.05, 0) is 43.9 Å². The molecule has 1 heterocycles. The van der Waals surface area contributed by atoms with Crippen LogP contribution in [0, 0.1) is 0 Å². The Morgan fingerprint density at radius 1 is 1.19 bits per heavy atom. The van der Waals surface area contributed by atoms with E-state index in [-0.39, 0.29) is 12.5 Å². The van der Waals surface area contributed by atoms with Crippen molar-refractivity contribution in [3.05, 3.63) is 41.7 Å². The number of hydrogen-bond donors (Lipinski definition) is 1. The summed E-state index contributed by atoms with van der Waals surface area (Å²) in [5.74, 6) is 2.39. The minimum atomic E-state index is -0.140. The molecule has 4 rings (SSSR count). The van der Waals surface area contributed by atoms with Gasteiger partial charge in [0.25, 0.3) is 5.91 Å². The zero-order chi connectivity index (χ0) is 17.9. The summed E-state index contributed by atoms with van der Waals surface area (Å²) in [4.78, 5) is 12.1. The number of para-hydroxylation sites is 2. The van der Waals surface area contributed by atoms with Crippen LogP contribution in [-0.4, -0.2) is 35.9 Å². The second-order valence-corrected chi connectivity index (χ2v) is 7.06. The zero-order valence-electron chi connectivity index (χ0n) is 15.1. The molecule has 26 heavy (non-hydrogen) atoms. The molecule has 2 aliphatic rings. The molecule has 2 aliphatic carbocycles. The van der Waals surface area contributed by atoms with E-state index in [1.165, 1.54) is 37.1 Å². The summed E-state index contributed by atoms with van der Waals surface area (Å²) in [7, 11) is 1.58. The molecule has 2 saturated carbocycles. The van der Waals surface area contributed by atoms with Gasteiger partial charge in [-0.15, -0.1) is 0 Å². The molecule has 0 aliphatic heterocycles. The minimum Gasteiger partial charge on any atom is -0.493 e. The Balaban J connectivity index is 1.26. The van der Waals surface area contributed by atoms with Crippen LogP contribution >= 0.6 is 0 Å². The number of nitrogens with one attached hydrogen (secondary N) is 1. The van der Waals surface area contributed by atoms with Crippen LogP contribution in [-0.2, 0) is 11.3 Å². The predicted octanol–water partition coefficient (Wildman–Crippen LogP) is 2.84. The fourth-order valence-corrected chi connectivity index (χ4v) is 3.15. The van der Waals surface area contributed by atoms with Crippen molar-refractivity contribution < 1.29 is 14.3 Å². The number of benzene rings is 1. The molecule has 6 heteroatoms. The van der Waals surface area contributed by atoms with Crippen LogP contribution in [0.25, 0.3) is 0 Å². The molecule has 0 bridgehead atoms. The Morgan fingerprint density at radius 3 is 2.62 bits per heavy atom. The van der Waals surface area contributed by atoms with Crippen molar-refractivity contribution in [1.82, 2.24) is 15.1 Å². The molecule has 1 N–H and O–H groups in total. The Hall–Kier alpha value is -2.50. The van der Waals surface area contributed by atoms with Crippen molar-refractivity contribution >= 4 is 5.91 Å². The third kappa shape index (κ3) is 4.00. The normalized spacial score (nSPS) is 16.3. The van der Waals surface area contributed by atoms with Gasteiger partial charge in [0.05, 0.1) is 19.3 Å². The number of aromatic nitrogens is 2. The lowest BCUT2D eigenvalue weighted by atomic mass is 10.2. The number of ether oxygens (including phenoxy) is 2. The molecule has 0 spiro atoms. The Labute approximate surface area is 153 Å². The van der Waals surface area contributed by atoms with Gasteiger partial charge in [0, 0.05) is 24.1 Å². The molecule has 0 radical (unpaired) electrons. The van der Waals surface area contributed by atoms with Crippen LogP contribution in [0.4, 0.5) is 0 Å². The summed E-state index contributed by atoms with van der Waals surface area (Å²) in [6.07, 6.45) is 5.04. The van der Waals surface area contributed by atoms with Gasteiger partial charge in [-0.25, -0.2) is 0 Å². The van der Waals surface area contributed by atoms with Crippen LogP contribution in [0.5, 0.6) is 11.5 Å². The van der Waals surface area contributed by atoms with Gasteiger partial charge in [-0.3, -0.25) is 9.48 Å². The fraction of sp³-hybridized carbons (Fsp3) is 0.500. The van der Waals surface area contributed by atoms with Crippen LogP contribution in [0.2, 0.25) is 0 Å². The molecule has 2 aromatic rings. The molecular formula is C20H25N3O3. The highest BCUT2D eigenvalue weighted by molar-refractivity contribution is 5.77. The molecule has 0 saturated heterocycles. The number of carbonyl (C=O) groups excluding carboxylic acids is 1. The number of hydrogen-bond acceptors (Lipinski definition) is 4. The highest BCUT2D eigenvalue weighted by Gasteiger charge is 2.32. The SMILES string of the molecule is COc1ccccc1OCC(=O)NCCn1nc(C2CC2)cc1C1CC1. The van der Waals surface area contributed by atoms with Crippen LogP contribution in [0.1, 0.15) is 48.9 Å². The molecular weight excluding hydrogens is 330 g/mol. The lowest BCUT2D eigenvalue weighted by Gasteiger charge is -2.11. The largest absolute Gasteiger partial charge is 0.493 e. The number of methoxy groups -OCH3 is 1. The van der Waals surface area contributed by atoms with Gasteiger partial charge < -0.3 is 14.8 Å². The van der Waals surface area contributed by atoms with E-state index in [0.29, 0.717) is 36.4 Å². The summed E-state index contributed by atoms with van der Waals surface area (Å²) in [6, 6.07) is 9.59. The topological polar surface area (TPSA) is 65.4 Å². The standard InChI is InChI=1S/C20H25N3O3/c1-25-18-4-2-3-5-19(18)26-13-20(24)21-10-11-23-17(15-8-9-15)12-16(22-23)14-6-7-14/h2-5,12,14-15H,6-11,13H2,1H3,(H,21,24). The first-order valence-corrected chi connectivity index (χ1v) is 9.34. The first kappa shape index (κ1) is 16.9. The number of nitrogens with zero attached hydrogens (tertiary/aromatic N) is 2. The van der Waals surface area contributed by atoms with Crippen molar-refractivity contribution in [3.63, 3.8) is 0 Å². The highest BCUT2D eigenvalue weighted by atomic mass is 16.5. The van der Waals surface area contributed by atoms with E-state index in [1.54, 1.807) is 13.2 Å². The Kier molecular flexibility index (Phi) is 4.82. The van der Waals surface area contributed by atoms with Gasteiger partial charge in [-0.1, -0.05) is 12.1 Å². The van der Waals surface area contributed by atoms with Crippen LogP contribution in [0.15, 0.2) is 30.3 Å². The molecule has 1 aromatic heterocycles. The van der Waals surface area contributed by atoms with Crippen molar-refractivity contribution in [2.24, 2.45) is 0 Å². The molecule has 1 amide bonds. The van der Waals surface area contributed by atoms with E-state index < -0.39 is 0 Å². The maximum atomic E-state index is 12.1. The number of amides is 1. The molecule has 2 fully saturated rings. The van der Waals surface area contributed by atoms with Crippen molar-refractivity contribution in [2.45, 2.75) is 44.1 Å². The maximum Gasteiger partial charge on any atom is 0.258 e. The first-order chi connectivity index (χ1) is 12.7. The van der Waals surface area contributed by atoms with Gasteiger partial charge in [0.15, 0.2) is 18.1 Å². The molecule has 0 atom stereocenters.